The molecule has 1 saturated carbocycles. The molecule has 0 radical (unpaired) electrons. The second-order valence-corrected chi connectivity index (χ2v) is 8.71. The zero-order valence-electron chi connectivity index (χ0n) is 17.6. The number of fused-ring (bicyclic) bond motifs is 1. The number of hydrogen-bond donors (Lipinski definition) is 1. The molecular formula is C25H26ClN3O2. The van der Waals surface area contributed by atoms with Gasteiger partial charge in [0.25, 0.3) is 5.91 Å². The summed E-state index contributed by atoms with van der Waals surface area (Å²) >= 11 is 6.10. The number of aromatic amines is 1. The maximum atomic E-state index is 13.6. The van der Waals surface area contributed by atoms with Crippen LogP contribution in [-0.2, 0) is 0 Å². The fraction of sp³-hybridized carbons (Fsp3) is 0.360. The number of carbonyl (C=O) groups is 1. The maximum absolute atomic E-state index is 13.6. The number of nitrogens with zero attached hydrogens (tertiary/aromatic N) is 2. The lowest BCUT2D eigenvalue weighted by molar-refractivity contribution is 0.0606. The Kier molecular flexibility index (Phi) is 5.45. The average molecular weight is 436 g/mol. The van der Waals surface area contributed by atoms with Gasteiger partial charge in [-0.1, -0.05) is 55.1 Å². The van der Waals surface area contributed by atoms with Gasteiger partial charge >= 0.3 is 0 Å². The minimum Gasteiger partial charge on any atom is -0.494 e. The van der Waals surface area contributed by atoms with E-state index in [0.717, 1.165) is 41.0 Å². The van der Waals surface area contributed by atoms with Gasteiger partial charge < -0.3 is 9.64 Å². The van der Waals surface area contributed by atoms with Crippen LogP contribution in [0.3, 0.4) is 0 Å². The molecule has 3 aromatic rings. The van der Waals surface area contributed by atoms with E-state index in [1.54, 1.807) is 0 Å². The Morgan fingerprint density at radius 2 is 1.77 bits per heavy atom. The summed E-state index contributed by atoms with van der Waals surface area (Å²) in [5.74, 6) is 0.888. The third kappa shape index (κ3) is 3.61. The highest BCUT2D eigenvalue weighted by atomic mass is 35.5. The van der Waals surface area contributed by atoms with Crippen molar-refractivity contribution in [2.75, 3.05) is 6.61 Å². The highest BCUT2D eigenvalue weighted by molar-refractivity contribution is 6.30. The number of halogens is 1. The summed E-state index contributed by atoms with van der Waals surface area (Å²) in [7, 11) is 0. The number of nitrogens with one attached hydrogen (secondary N) is 1. The fourth-order valence-electron chi connectivity index (χ4n) is 4.97. The Balaban J connectivity index is 1.62. The van der Waals surface area contributed by atoms with Crippen molar-refractivity contribution >= 4 is 17.5 Å². The van der Waals surface area contributed by atoms with Gasteiger partial charge in [0, 0.05) is 22.2 Å². The number of carbonyl (C=O) groups excluding carboxylic acids is 1. The van der Waals surface area contributed by atoms with E-state index in [1.807, 2.05) is 43.3 Å². The molecule has 5 rings (SSSR count). The molecule has 1 aliphatic heterocycles. The molecule has 1 atom stereocenters. The van der Waals surface area contributed by atoms with Crippen LogP contribution in [0.25, 0.3) is 11.3 Å². The quantitative estimate of drug-likeness (QED) is 0.534. The molecule has 0 spiro atoms. The van der Waals surface area contributed by atoms with E-state index < -0.39 is 0 Å². The average Bonchev–Trinajstić information content (AvgIpc) is 3.35. The van der Waals surface area contributed by atoms with E-state index in [-0.39, 0.29) is 18.0 Å². The molecule has 160 valence electrons. The summed E-state index contributed by atoms with van der Waals surface area (Å²) in [5, 5.41) is 8.28. The Hall–Kier alpha value is -2.79. The van der Waals surface area contributed by atoms with Crippen molar-refractivity contribution < 1.29 is 9.53 Å². The summed E-state index contributed by atoms with van der Waals surface area (Å²) in [5.41, 5.74) is 4.42. The van der Waals surface area contributed by atoms with Gasteiger partial charge in [-0.25, -0.2) is 0 Å². The van der Waals surface area contributed by atoms with Gasteiger partial charge in [-0.3, -0.25) is 9.89 Å². The highest BCUT2D eigenvalue weighted by Crippen LogP contribution is 2.46. The first-order valence-corrected chi connectivity index (χ1v) is 11.4. The lowest BCUT2D eigenvalue weighted by Crippen LogP contribution is -2.40. The smallest absolute Gasteiger partial charge is 0.273 e. The van der Waals surface area contributed by atoms with Crippen molar-refractivity contribution in [2.45, 2.75) is 51.1 Å². The van der Waals surface area contributed by atoms with Crippen LogP contribution in [0.5, 0.6) is 5.75 Å². The number of rotatable bonds is 5. The van der Waals surface area contributed by atoms with E-state index in [0.29, 0.717) is 17.3 Å². The maximum Gasteiger partial charge on any atom is 0.273 e. The van der Waals surface area contributed by atoms with Gasteiger partial charge in [0.2, 0.25) is 0 Å². The first-order valence-electron chi connectivity index (χ1n) is 11.1. The van der Waals surface area contributed by atoms with E-state index in [9.17, 15) is 4.79 Å². The Morgan fingerprint density at radius 1 is 1.06 bits per heavy atom. The monoisotopic (exact) mass is 435 g/mol. The molecule has 5 nitrogen and oxygen atoms in total. The molecule has 1 amide bonds. The van der Waals surface area contributed by atoms with Crippen LogP contribution < -0.4 is 4.74 Å². The molecule has 0 bridgehead atoms. The molecule has 1 fully saturated rings. The lowest BCUT2D eigenvalue weighted by atomic mass is 9.91. The molecule has 1 unspecified atom stereocenters. The van der Waals surface area contributed by atoms with E-state index in [1.165, 1.54) is 19.3 Å². The largest absolute Gasteiger partial charge is 0.494 e. The molecule has 0 saturated heterocycles. The Morgan fingerprint density at radius 3 is 2.45 bits per heavy atom. The summed E-state index contributed by atoms with van der Waals surface area (Å²) in [6, 6.07) is 15.9. The molecule has 2 aliphatic rings. The molecule has 6 heteroatoms. The van der Waals surface area contributed by atoms with Crippen LogP contribution in [0.15, 0.2) is 48.5 Å². The third-order valence-corrected chi connectivity index (χ3v) is 6.65. The summed E-state index contributed by atoms with van der Waals surface area (Å²) < 4.78 is 5.63. The minimum atomic E-state index is -0.161. The van der Waals surface area contributed by atoms with Crippen molar-refractivity contribution in [1.29, 1.82) is 0 Å². The number of aromatic nitrogens is 2. The normalized spacial score (nSPS) is 19.0. The minimum absolute atomic E-state index is 0.0495. The number of hydrogen-bond acceptors (Lipinski definition) is 3. The molecule has 31 heavy (non-hydrogen) atoms. The van der Waals surface area contributed by atoms with Gasteiger partial charge in [-0.15, -0.1) is 0 Å². The molecular weight excluding hydrogens is 410 g/mol. The number of benzene rings is 2. The summed E-state index contributed by atoms with van der Waals surface area (Å²) in [6.45, 7) is 2.60. The van der Waals surface area contributed by atoms with Crippen LogP contribution in [0, 0.1) is 0 Å². The zero-order chi connectivity index (χ0) is 21.4. The molecule has 2 heterocycles. The molecule has 2 aromatic carbocycles. The molecule has 1 aromatic heterocycles. The van der Waals surface area contributed by atoms with Gasteiger partial charge in [-0.2, -0.15) is 5.10 Å². The van der Waals surface area contributed by atoms with Crippen LogP contribution in [0.4, 0.5) is 0 Å². The fourth-order valence-corrected chi connectivity index (χ4v) is 5.10. The molecule has 1 N–H and O–H groups in total. The van der Waals surface area contributed by atoms with Crippen molar-refractivity contribution in [3.8, 4) is 17.0 Å². The third-order valence-electron chi connectivity index (χ3n) is 6.40. The zero-order valence-corrected chi connectivity index (χ0v) is 18.4. The first kappa shape index (κ1) is 20.1. The van der Waals surface area contributed by atoms with Crippen molar-refractivity contribution in [3.05, 3.63) is 70.4 Å². The van der Waals surface area contributed by atoms with Crippen LogP contribution in [-0.4, -0.2) is 33.7 Å². The van der Waals surface area contributed by atoms with Crippen LogP contribution in [0.1, 0.15) is 66.7 Å². The number of ether oxygens (including phenoxy) is 1. The van der Waals surface area contributed by atoms with E-state index in [4.69, 9.17) is 16.3 Å². The Labute approximate surface area is 187 Å². The highest BCUT2D eigenvalue weighted by Gasteiger charge is 2.45. The van der Waals surface area contributed by atoms with Gasteiger partial charge in [0.1, 0.15) is 11.4 Å². The predicted octanol–water partition coefficient (Wildman–Crippen LogP) is 6.01. The molecule has 1 aliphatic carbocycles. The number of H-pyrrole nitrogens is 1. The van der Waals surface area contributed by atoms with Gasteiger partial charge in [0.15, 0.2) is 0 Å². The second-order valence-electron chi connectivity index (χ2n) is 8.28. The van der Waals surface area contributed by atoms with Crippen molar-refractivity contribution in [3.63, 3.8) is 0 Å². The summed E-state index contributed by atoms with van der Waals surface area (Å²) in [6.07, 6.45) is 5.68. The van der Waals surface area contributed by atoms with Crippen LogP contribution in [0.2, 0.25) is 5.02 Å². The second kappa shape index (κ2) is 8.39. The topological polar surface area (TPSA) is 58.2 Å². The van der Waals surface area contributed by atoms with Gasteiger partial charge in [0.05, 0.1) is 18.3 Å². The van der Waals surface area contributed by atoms with Crippen molar-refractivity contribution in [2.24, 2.45) is 0 Å². The Bertz CT molecular complexity index is 1070. The van der Waals surface area contributed by atoms with Crippen molar-refractivity contribution in [1.82, 2.24) is 15.1 Å². The van der Waals surface area contributed by atoms with E-state index in [2.05, 4.69) is 27.2 Å². The van der Waals surface area contributed by atoms with E-state index >= 15 is 0 Å². The first-order chi connectivity index (χ1) is 15.2. The lowest BCUT2D eigenvalue weighted by Gasteiger charge is -2.36. The summed E-state index contributed by atoms with van der Waals surface area (Å²) in [4.78, 5) is 15.7. The SMILES string of the molecule is CCOc1ccc(C2c3c(-c4ccc(Cl)cc4)n[nH]c3C(=O)N2C2CCCCC2)cc1. The predicted molar refractivity (Wildman–Crippen MR) is 122 cm³/mol. The standard InChI is InChI=1S/C25H26ClN3O2/c1-2-31-20-14-10-17(11-15-20)24-21-22(16-8-12-18(26)13-9-16)27-28-23(21)25(30)29(24)19-6-4-3-5-7-19/h8-15,19,24H,2-7H2,1H3,(H,27,28). The van der Waals surface area contributed by atoms with Gasteiger partial charge in [-0.05, 0) is 49.6 Å². The number of amides is 1. The van der Waals surface area contributed by atoms with Crippen LogP contribution >= 0.6 is 11.6 Å².